The summed E-state index contributed by atoms with van der Waals surface area (Å²) in [4.78, 5) is 42.9. The van der Waals surface area contributed by atoms with E-state index in [1.54, 1.807) is 24.3 Å². The summed E-state index contributed by atoms with van der Waals surface area (Å²) in [7, 11) is 0. The third-order valence-corrected chi connectivity index (χ3v) is 4.45. The van der Waals surface area contributed by atoms with Gasteiger partial charge in [0, 0.05) is 12.1 Å². The lowest BCUT2D eigenvalue weighted by Crippen LogP contribution is -2.21. The van der Waals surface area contributed by atoms with Gasteiger partial charge in [0.2, 0.25) is 0 Å². The maximum atomic E-state index is 12.0. The summed E-state index contributed by atoms with van der Waals surface area (Å²) in [6.07, 6.45) is 0.231. The van der Waals surface area contributed by atoms with E-state index in [2.05, 4.69) is 29.1 Å². The Morgan fingerprint density at radius 1 is 1.10 bits per heavy atom. The minimum atomic E-state index is -0.536. The van der Waals surface area contributed by atoms with Crippen molar-refractivity contribution in [3.8, 4) is 0 Å². The van der Waals surface area contributed by atoms with Crippen molar-refractivity contribution >= 4 is 28.5 Å². The van der Waals surface area contributed by atoms with Gasteiger partial charge in [-0.15, -0.1) is 0 Å². The van der Waals surface area contributed by atoms with E-state index in [9.17, 15) is 14.4 Å². The van der Waals surface area contributed by atoms with E-state index in [0.29, 0.717) is 28.3 Å². The number of benzene rings is 2. The molecular formula is C22H23N3O4. The minimum Gasteiger partial charge on any atom is -0.456 e. The second-order valence-corrected chi connectivity index (χ2v) is 7.02. The van der Waals surface area contributed by atoms with Gasteiger partial charge in [-0.25, -0.2) is 4.98 Å². The van der Waals surface area contributed by atoms with Crippen LogP contribution in [0.15, 0.2) is 53.3 Å². The molecule has 29 heavy (non-hydrogen) atoms. The Bertz CT molecular complexity index is 1070. The van der Waals surface area contributed by atoms with E-state index in [-0.39, 0.29) is 25.0 Å². The molecule has 1 amide bonds. The highest BCUT2D eigenvalue weighted by Crippen LogP contribution is 2.17. The smallest absolute Gasteiger partial charge is 0.306 e. The molecule has 2 N–H and O–H groups in total. The first-order valence-electron chi connectivity index (χ1n) is 9.46. The number of rotatable bonds is 7. The van der Waals surface area contributed by atoms with Gasteiger partial charge in [-0.1, -0.05) is 38.1 Å². The van der Waals surface area contributed by atoms with Gasteiger partial charge >= 0.3 is 5.97 Å². The summed E-state index contributed by atoms with van der Waals surface area (Å²) in [5.41, 5.74) is 2.15. The van der Waals surface area contributed by atoms with Gasteiger partial charge in [-0.3, -0.25) is 14.4 Å². The van der Waals surface area contributed by atoms with Crippen LogP contribution in [0.5, 0.6) is 0 Å². The molecule has 0 aliphatic heterocycles. The van der Waals surface area contributed by atoms with Crippen molar-refractivity contribution < 1.29 is 14.3 Å². The number of H-pyrrole nitrogens is 1. The maximum Gasteiger partial charge on any atom is 0.306 e. The molecule has 0 fully saturated rings. The Kier molecular flexibility index (Phi) is 6.39. The van der Waals surface area contributed by atoms with Crippen molar-refractivity contribution in [3.63, 3.8) is 0 Å². The molecule has 3 aromatic rings. The highest BCUT2D eigenvalue weighted by Gasteiger charge is 2.10. The van der Waals surface area contributed by atoms with Crippen molar-refractivity contribution in [2.45, 2.75) is 32.6 Å². The van der Waals surface area contributed by atoms with Crippen LogP contribution < -0.4 is 10.9 Å². The number of carbonyl (C=O) groups excluding carboxylic acids is 2. The van der Waals surface area contributed by atoms with E-state index in [0.717, 1.165) is 0 Å². The normalized spacial score (nSPS) is 10.9. The number of esters is 1. The number of amides is 1. The molecule has 3 rings (SSSR count). The van der Waals surface area contributed by atoms with Crippen LogP contribution in [-0.4, -0.2) is 28.5 Å². The molecule has 0 aliphatic carbocycles. The highest BCUT2D eigenvalue weighted by molar-refractivity contribution is 5.92. The zero-order valence-corrected chi connectivity index (χ0v) is 16.4. The summed E-state index contributed by atoms with van der Waals surface area (Å²) < 4.78 is 5.01. The van der Waals surface area contributed by atoms with Gasteiger partial charge in [0.15, 0.2) is 6.61 Å². The molecule has 0 unspecified atom stereocenters. The molecule has 7 nitrogen and oxygen atoms in total. The fourth-order valence-electron chi connectivity index (χ4n) is 2.84. The fourth-order valence-corrected chi connectivity index (χ4v) is 2.84. The van der Waals surface area contributed by atoms with Crippen LogP contribution in [0.1, 0.15) is 37.6 Å². The molecule has 0 radical (unpaired) electrons. The molecule has 1 heterocycles. The molecule has 0 bridgehead atoms. The number of fused-ring (bicyclic) bond motifs is 1. The van der Waals surface area contributed by atoms with E-state index in [1.807, 2.05) is 24.3 Å². The number of ether oxygens (including phenoxy) is 1. The van der Waals surface area contributed by atoms with E-state index in [1.165, 1.54) is 5.56 Å². The van der Waals surface area contributed by atoms with Crippen molar-refractivity contribution in [2.24, 2.45) is 0 Å². The quantitative estimate of drug-likeness (QED) is 0.601. The average Bonchev–Trinajstić information content (AvgIpc) is 2.71. The number of aryl methyl sites for hydroxylation is 1. The molecular weight excluding hydrogens is 370 g/mol. The lowest BCUT2D eigenvalue weighted by molar-refractivity contribution is -0.147. The largest absolute Gasteiger partial charge is 0.456 e. The van der Waals surface area contributed by atoms with Gasteiger partial charge < -0.3 is 15.0 Å². The number of nitrogens with one attached hydrogen (secondary N) is 2. The van der Waals surface area contributed by atoms with Gasteiger partial charge in [-0.05, 0) is 35.7 Å². The fraction of sp³-hybridized carbons (Fsp3) is 0.273. The van der Waals surface area contributed by atoms with Crippen molar-refractivity contribution in [2.75, 3.05) is 11.9 Å². The number of aromatic nitrogens is 2. The first-order chi connectivity index (χ1) is 13.9. The average molecular weight is 393 g/mol. The Labute approximate surface area is 168 Å². The zero-order valence-electron chi connectivity index (χ0n) is 16.4. The lowest BCUT2D eigenvalue weighted by Gasteiger charge is -2.09. The van der Waals surface area contributed by atoms with Crippen LogP contribution in [0.3, 0.4) is 0 Å². The van der Waals surface area contributed by atoms with Gasteiger partial charge in [0.25, 0.3) is 11.5 Å². The predicted octanol–water partition coefficient (Wildman–Crippen LogP) is 3.16. The van der Waals surface area contributed by atoms with Crippen molar-refractivity contribution in [1.82, 2.24) is 9.97 Å². The predicted molar refractivity (Wildman–Crippen MR) is 111 cm³/mol. The standard InChI is InChI=1S/C22H23N3O4/c1-14(2)15-7-9-16(10-8-15)23-20(26)13-29-21(27)12-11-19-24-18-6-4-3-5-17(18)22(28)25-19/h3-10,14H,11-13H2,1-2H3,(H,23,26)(H,24,25,28). The van der Waals surface area contributed by atoms with Gasteiger partial charge in [0.05, 0.1) is 17.3 Å². The topological polar surface area (TPSA) is 101 Å². The second kappa shape index (κ2) is 9.14. The molecule has 0 atom stereocenters. The van der Waals surface area contributed by atoms with Gasteiger partial charge in [-0.2, -0.15) is 0 Å². The highest BCUT2D eigenvalue weighted by atomic mass is 16.5. The van der Waals surface area contributed by atoms with Crippen LogP contribution in [0, 0.1) is 0 Å². The minimum absolute atomic E-state index is 0.0116. The summed E-state index contributed by atoms with van der Waals surface area (Å²) in [5.74, 6) is -0.132. The summed E-state index contributed by atoms with van der Waals surface area (Å²) >= 11 is 0. The van der Waals surface area contributed by atoms with Crippen LogP contribution in [0.25, 0.3) is 10.9 Å². The zero-order chi connectivity index (χ0) is 20.8. The third-order valence-electron chi connectivity index (χ3n) is 4.45. The second-order valence-electron chi connectivity index (χ2n) is 7.02. The monoisotopic (exact) mass is 393 g/mol. The molecule has 0 saturated heterocycles. The van der Waals surface area contributed by atoms with Crippen LogP contribution in [0.4, 0.5) is 5.69 Å². The van der Waals surface area contributed by atoms with Crippen LogP contribution in [-0.2, 0) is 20.7 Å². The first-order valence-corrected chi connectivity index (χ1v) is 9.46. The Morgan fingerprint density at radius 3 is 2.55 bits per heavy atom. The third kappa shape index (κ3) is 5.51. The Morgan fingerprint density at radius 2 is 1.83 bits per heavy atom. The van der Waals surface area contributed by atoms with Crippen LogP contribution in [0.2, 0.25) is 0 Å². The van der Waals surface area contributed by atoms with E-state index >= 15 is 0 Å². The lowest BCUT2D eigenvalue weighted by atomic mass is 10.0. The number of anilines is 1. The van der Waals surface area contributed by atoms with E-state index in [4.69, 9.17) is 4.74 Å². The number of nitrogens with zero attached hydrogens (tertiary/aromatic N) is 1. The Balaban J connectivity index is 1.47. The summed E-state index contributed by atoms with van der Waals surface area (Å²) in [6.45, 7) is 3.82. The Hall–Kier alpha value is -3.48. The van der Waals surface area contributed by atoms with Gasteiger partial charge in [0.1, 0.15) is 5.82 Å². The number of carbonyl (C=O) groups is 2. The van der Waals surface area contributed by atoms with Crippen molar-refractivity contribution in [3.05, 3.63) is 70.3 Å². The number of aromatic amines is 1. The SMILES string of the molecule is CC(C)c1ccc(NC(=O)COC(=O)CCc2nc3ccccc3c(=O)[nH]2)cc1. The molecule has 0 aliphatic rings. The summed E-state index contributed by atoms with van der Waals surface area (Å²) in [5, 5.41) is 3.19. The molecule has 0 saturated carbocycles. The number of hydrogen-bond donors (Lipinski definition) is 2. The molecule has 7 heteroatoms. The van der Waals surface area contributed by atoms with Crippen molar-refractivity contribution in [1.29, 1.82) is 0 Å². The number of hydrogen-bond acceptors (Lipinski definition) is 5. The van der Waals surface area contributed by atoms with E-state index < -0.39 is 11.9 Å². The molecule has 0 spiro atoms. The number of para-hydroxylation sites is 1. The molecule has 150 valence electrons. The molecule has 1 aromatic heterocycles. The van der Waals surface area contributed by atoms with Crippen LogP contribution >= 0.6 is 0 Å². The maximum absolute atomic E-state index is 12.0. The summed E-state index contributed by atoms with van der Waals surface area (Å²) in [6, 6.07) is 14.5. The first kappa shape index (κ1) is 20.3. The molecule has 2 aromatic carbocycles.